The summed E-state index contributed by atoms with van der Waals surface area (Å²) in [5.74, 6) is -0.503. The molecule has 1 N–H and O–H groups in total. The van der Waals surface area contributed by atoms with Crippen molar-refractivity contribution < 1.29 is 14.3 Å². The molecule has 0 fully saturated rings. The number of hydrogen-bond acceptors (Lipinski definition) is 4. The van der Waals surface area contributed by atoms with Gasteiger partial charge >= 0.3 is 5.97 Å². The Labute approximate surface area is 133 Å². The smallest absolute Gasteiger partial charge is 0.308 e. The van der Waals surface area contributed by atoms with Gasteiger partial charge in [0.25, 0.3) is 5.91 Å². The first-order valence-electron chi connectivity index (χ1n) is 6.87. The van der Waals surface area contributed by atoms with Crippen LogP contribution in [-0.2, 0) is 9.53 Å². The van der Waals surface area contributed by atoms with E-state index in [4.69, 9.17) is 4.74 Å². The van der Waals surface area contributed by atoms with Crippen molar-refractivity contribution in [3.63, 3.8) is 0 Å². The largest absolute Gasteiger partial charge is 0.466 e. The number of aromatic nitrogens is 1. The lowest BCUT2D eigenvalue weighted by atomic mass is 9.85. The Hall–Kier alpha value is -1.43. The Balaban J connectivity index is 2.87. The number of amides is 1. The third kappa shape index (κ3) is 5.12. The molecule has 5 nitrogen and oxygen atoms in total. The molecule has 6 heteroatoms. The standard InChI is InChI=1S/C15H21BrN2O3/c1-5-21-13(19)7-15(4,10(2)3)18-14(20)11-6-12(16)9-17-8-11/h6,8-10H,5,7H2,1-4H3,(H,18,20). The summed E-state index contributed by atoms with van der Waals surface area (Å²) >= 11 is 3.28. The Morgan fingerprint density at radius 3 is 2.62 bits per heavy atom. The minimum absolute atomic E-state index is 0.0750. The maximum absolute atomic E-state index is 12.3. The van der Waals surface area contributed by atoms with Gasteiger partial charge in [-0.3, -0.25) is 14.6 Å². The highest BCUT2D eigenvalue weighted by atomic mass is 79.9. The van der Waals surface area contributed by atoms with Crippen molar-refractivity contribution in [1.29, 1.82) is 0 Å². The van der Waals surface area contributed by atoms with Gasteiger partial charge in [-0.2, -0.15) is 0 Å². The number of nitrogens with one attached hydrogen (secondary N) is 1. The highest BCUT2D eigenvalue weighted by Crippen LogP contribution is 2.22. The number of carbonyl (C=O) groups excluding carboxylic acids is 2. The summed E-state index contributed by atoms with van der Waals surface area (Å²) in [5.41, 5.74) is -0.230. The first-order chi connectivity index (χ1) is 9.78. The van der Waals surface area contributed by atoms with Crippen molar-refractivity contribution >= 4 is 27.8 Å². The van der Waals surface area contributed by atoms with Crippen molar-refractivity contribution in [2.75, 3.05) is 6.61 Å². The second-order valence-electron chi connectivity index (χ2n) is 5.40. The van der Waals surface area contributed by atoms with Crippen LogP contribution in [0.3, 0.4) is 0 Å². The highest BCUT2D eigenvalue weighted by Gasteiger charge is 2.33. The third-order valence-electron chi connectivity index (χ3n) is 3.46. The molecule has 0 aliphatic heterocycles. The van der Waals surface area contributed by atoms with E-state index in [1.807, 2.05) is 20.8 Å². The van der Waals surface area contributed by atoms with Crippen molar-refractivity contribution in [3.8, 4) is 0 Å². The fraction of sp³-hybridized carbons (Fsp3) is 0.533. The van der Waals surface area contributed by atoms with Crippen LogP contribution in [0.2, 0.25) is 0 Å². The maximum atomic E-state index is 12.3. The predicted molar refractivity (Wildman–Crippen MR) is 83.9 cm³/mol. The van der Waals surface area contributed by atoms with E-state index < -0.39 is 5.54 Å². The zero-order chi connectivity index (χ0) is 16.0. The summed E-state index contributed by atoms with van der Waals surface area (Å²) in [6.45, 7) is 7.85. The molecule has 1 atom stereocenters. The molecule has 1 amide bonds. The topological polar surface area (TPSA) is 68.3 Å². The highest BCUT2D eigenvalue weighted by molar-refractivity contribution is 9.10. The average Bonchev–Trinajstić information content (AvgIpc) is 2.38. The summed E-state index contributed by atoms with van der Waals surface area (Å²) in [6, 6.07) is 1.69. The molecule has 0 radical (unpaired) electrons. The fourth-order valence-electron chi connectivity index (χ4n) is 1.77. The van der Waals surface area contributed by atoms with E-state index in [1.165, 1.54) is 6.20 Å². The first-order valence-corrected chi connectivity index (χ1v) is 7.66. The number of esters is 1. The summed E-state index contributed by atoms with van der Waals surface area (Å²) < 4.78 is 5.71. The predicted octanol–water partition coefficient (Wildman–Crippen LogP) is 2.94. The van der Waals surface area contributed by atoms with Gasteiger partial charge in [0.15, 0.2) is 0 Å². The van der Waals surface area contributed by atoms with Crippen molar-refractivity contribution in [3.05, 3.63) is 28.5 Å². The molecule has 0 saturated heterocycles. The van der Waals surface area contributed by atoms with Gasteiger partial charge in [0.05, 0.1) is 24.1 Å². The van der Waals surface area contributed by atoms with Crippen LogP contribution in [0.1, 0.15) is 44.5 Å². The first kappa shape index (κ1) is 17.6. The number of halogens is 1. The van der Waals surface area contributed by atoms with Crippen LogP contribution in [0.4, 0.5) is 0 Å². The van der Waals surface area contributed by atoms with Gasteiger partial charge in [-0.15, -0.1) is 0 Å². The lowest BCUT2D eigenvalue weighted by molar-refractivity contribution is -0.145. The molecule has 1 aromatic heterocycles. The molecular weight excluding hydrogens is 336 g/mol. The van der Waals surface area contributed by atoms with E-state index in [-0.39, 0.29) is 24.2 Å². The second-order valence-corrected chi connectivity index (χ2v) is 6.32. The molecule has 116 valence electrons. The maximum Gasteiger partial charge on any atom is 0.308 e. The summed E-state index contributed by atoms with van der Waals surface area (Å²) in [6.07, 6.45) is 3.23. The molecule has 0 saturated carbocycles. The minimum atomic E-state index is -0.675. The second kappa shape index (κ2) is 7.54. The molecule has 0 bridgehead atoms. The van der Waals surface area contributed by atoms with E-state index in [0.717, 1.165) is 4.47 Å². The molecule has 1 aromatic rings. The number of rotatable bonds is 6. The number of carbonyl (C=O) groups is 2. The minimum Gasteiger partial charge on any atom is -0.466 e. The lowest BCUT2D eigenvalue weighted by Crippen LogP contribution is -2.51. The molecule has 0 aliphatic carbocycles. The lowest BCUT2D eigenvalue weighted by Gasteiger charge is -2.34. The van der Waals surface area contributed by atoms with Gasteiger partial charge in [-0.25, -0.2) is 0 Å². The SMILES string of the molecule is CCOC(=O)CC(C)(NC(=O)c1cncc(Br)c1)C(C)C. The van der Waals surface area contributed by atoms with Crippen LogP contribution in [0, 0.1) is 5.92 Å². The molecule has 21 heavy (non-hydrogen) atoms. The molecule has 1 heterocycles. The van der Waals surface area contributed by atoms with E-state index in [1.54, 1.807) is 19.2 Å². The monoisotopic (exact) mass is 356 g/mol. The van der Waals surface area contributed by atoms with E-state index >= 15 is 0 Å². The number of ether oxygens (including phenoxy) is 1. The molecule has 0 aliphatic rings. The quantitative estimate of drug-likeness (QED) is 0.795. The van der Waals surface area contributed by atoms with Gasteiger partial charge in [0.2, 0.25) is 0 Å². The molecule has 0 aromatic carbocycles. The van der Waals surface area contributed by atoms with E-state index in [9.17, 15) is 9.59 Å². The summed E-state index contributed by atoms with van der Waals surface area (Å²) in [5, 5.41) is 2.93. The van der Waals surface area contributed by atoms with Crippen LogP contribution in [0.25, 0.3) is 0 Å². The van der Waals surface area contributed by atoms with Crippen LogP contribution < -0.4 is 5.32 Å². The zero-order valence-electron chi connectivity index (χ0n) is 12.8. The van der Waals surface area contributed by atoms with E-state index in [2.05, 4.69) is 26.2 Å². The Bertz CT molecular complexity index is 519. The third-order valence-corrected chi connectivity index (χ3v) is 3.89. The normalized spacial score (nSPS) is 13.6. The van der Waals surface area contributed by atoms with Gasteiger partial charge in [-0.1, -0.05) is 13.8 Å². The van der Waals surface area contributed by atoms with Crippen molar-refractivity contribution in [1.82, 2.24) is 10.3 Å². The molecule has 1 rings (SSSR count). The summed E-state index contributed by atoms with van der Waals surface area (Å²) in [7, 11) is 0. The number of nitrogens with zero attached hydrogens (tertiary/aromatic N) is 1. The average molecular weight is 357 g/mol. The van der Waals surface area contributed by atoms with Crippen molar-refractivity contribution in [2.45, 2.75) is 39.7 Å². The molecular formula is C15H21BrN2O3. The van der Waals surface area contributed by atoms with Gasteiger partial charge < -0.3 is 10.1 Å². The van der Waals surface area contributed by atoms with Crippen LogP contribution in [0.5, 0.6) is 0 Å². The zero-order valence-corrected chi connectivity index (χ0v) is 14.4. The van der Waals surface area contributed by atoms with Crippen LogP contribution in [-0.4, -0.2) is 29.0 Å². The summed E-state index contributed by atoms with van der Waals surface area (Å²) in [4.78, 5) is 28.0. The van der Waals surface area contributed by atoms with Gasteiger partial charge in [-0.05, 0) is 41.8 Å². The van der Waals surface area contributed by atoms with Gasteiger partial charge in [0.1, 0.15) is 0 Å². The number of pyridine rings is 1. The fourth-order valence-corrected chi connectivity index (χ4v) is 2.14. The van der Waals surface area contributed by atoms with Crippen LogP contribution in [0.15, 0.2) is 22.9 Å². The Morgan fingerprint density at radius 1 is 1.43 bits per heavy atom. The Kier molecular flexibility index (Phi) is 6.33. The Morgan fingerprint density at radius 2 is 2.10 bits per heavy atom. The number of hydrogen-bond donors (Lipinski definition) is 1. The van der Waals surface area contributed by atoms with Crippen molar-refractivity contribution in [2.24, 2.45) is 5.92 Å². The van der Waals surface area contributed by atoms with Crippen LogP contribution >= 0.6 is 15.9 Å². The van der Waals surface area contributed by atoms with Gasteiger partial charge in [0, 0.05) is 16.9 Å². The molecule has 1 unspecified atom stereocenters. The molecule has 0 spiro atoms. The van der Waals surface area contributed by atoms with E-state index in [0.29, 0.717) is 12.2 Å².